The van der Waals surface area contributed by atoms with Crippen LogP contribution >= 0.6 is 15.9 Å². The van der Waals surface area contributed by atoms with Gasteiger partial charge in [-0.25, -0.2) is 0 Å². The van der Waals surface area contributed by atoms with Crippen LogP contribution in [-0.2, 0) is 0 Å². The molecule has 0 aromatic heterocycles. The van der Waals surface area contributed by atoms with Crippen molar-refractivity contribution in [2.24, 2.45) is 0 Å². The summed E-state index contributed by atoms with van der Waals surface area (Å²) in [5.74, 6) is -0.750. The smallest absolute Gasteiger partial charge is 0.363 e. The van der Waals surface area contributed by atoms with Crippen LogP contribution in [0.25, 0.3) is 0 Å². The lowest BCUT2D eigenvalue weighted by Gasteiger charge is -2.07. The molecule has 0 atom stereocenters. The van der Waals surface area contributed by atoms with Gasteiger partial charge in [0.05, 0.1) is 7.11 Å². The molecule has 76 valence electrons. The number of ketones is 1. The van der Waals surface area contributed by atoms with Gasteiger partial charge in [-0.1, -0.05) is 0 Å². The maximum atomic E-state index is 12.5. The first-order valence-corrected chi connectivity index (χ1v) is 4.50. The molecular weight excluding hydrogens is 258 g/mol. The molecule has 2 nitrogen and oxygen atoms in total. The van der Waals surface area contributed by atoms with Crippen molar-refractivity contribution in [3.05, 3.63) is 29.8 Å². The van der Waals surface area contributed by atoms with E-state index in [1.54, 1.807) is 0 Å². The number of benzene rings is 1. The number of Topliss-reactive ketones (excluding diaryl/α,β-unsaturated/α-hetero) is 1. The van der Waals surface area contributed by atoms with Crippen molar-refractivity contribution in [1.29, 1.82) is 0 Å². The van der Waals surface area contributed by atoms with Crippen molar-refractivity contribution in [3.8, 4) is 5.75 Å². The third-order valence-electron chi connectivity index (χ3n) is 1.61. The zero-order valence-corrected chi connectivity index (χ0v) is 8.85. The zero-order valence-electron chi connectivity index (χ0n) is 7.26. The van der Waals surface area contributed by atoms with Crippen molar-refractivity contribution in [2.45, 2.75) is 4.83 Å². The van der Waals surface area contributed by atoms with Crippen molar-refractivity contribution < 1.29 is 18.3 Å². The van der Waals surface area contributed by atoms with Gasteiger partial charge in [0.2, 0.25) is 5.78 Å². The Labute approximate surface area is 88.0 Å². The Balaban J connectivity index is 2.93. The van der Waals surface area contributed by atoms with Crippen molar-refractivity contribution in [2.75, 3.05) is 7.11 Å². The van der Waals surface area contributed by atoms with Crippen LogP contribution in [0.5, 0.6) is 5.75 Å². The first kappa shape index (κ1) is 11.1. The van der Waals surface area contributed by atoms with E-state index in [-0.39, 0.29) is 5.56 Å². The quantitative estimate of drug-likeness (QED) is 0.620. The molecule has 0 aliphatic rings. The van der Waals surface area contributed by atoms with Gasteiger partial charge in [-0.2, -0.15) is 8.78 Å². The summed E-state index contributed by atoms with van der Waals surface area (Å²) in [6, 6.07) is 5.48. The molecule has 0 saturated carbocycles. The number of rotatable bonds is 3. The Morgan fingerprint density at radius 1 is 1.36 bits per heavy atom. The predicted molar refractivity (Wildman–Crippen MR) is 51.2 cm³/mol. The van der Waals surface area contributed by atoms with Crippen LogP contribution in [0, 0.1) is 0 Å². The van der Waals surface area contributed by atoms with Gasteiger partial charge in [0.1, 0.15) is 5.75 Å². The number of methoxy groups -OCH3 is 1. The second-order valence-corrected chi connectivity index (χ2v) is 3.55. The van der Waals surface area contributed by atoms with E-state index < -0.39 is 10.6 Å². The number of carbonyl (C=O) groups is 1. The molecule has 0 unspecified atom stereocenters. The summed E-state index contributed by atoms with van der Waals surface area (Å²) in [7, 11) is 1.45. The Hall–Kier alpha value is -0.970. The van der Waals surface area contributed by atoms with Crippen LogP contribution in [-0.4, -0.2) is 17.7 Å². The normalized spacial score (nSPS) is 11.1. The van der Waals surface area contributed by atoms with Crippen LogP contribution in [0.15, 0.2) is 24.3 Å². The molecule has 1 aromatic carbocycles. The van der Waals surface area contributed by atoms with E-state index in [9.17, 15) is 13.6 Å². The van der Waals surface area contributed by atoms with E-state index in [0.29, 0.717) is 5.75 Å². The minimum atomic E-state index is -3.51. The van der Waals surface area contributed by atoms with Gasteiger partial charge in [-0.05, 0) is 40.2 Å². The predicted octanol–water partition coefficient (Wildman–Crippen LogP) is 2.87. The number of halogens is 3. The number of carbonyl (C=O) groups excluding carboxylic acids is 1. The molecule has 1 aromatic rings. The van der Waals surface area contributed by atoms with Gasteiger partial charge < -0.3 is 4.74 Å². The van der Waals surface area contributed by atoms with Crippen LogP contribution in [0.2, 0.25) is 0 Å². The Morgan fingerprint density at radius 3 is 2.21 bits per heavy atom. The van der Waals surface area contributed by atoms with Crippen molar-refractivity contribution >= 4 is 21.7 Å². The third kappa shape index (κ3) is 2.51. The fraction of sp³-hybridized carbons (Fsp3) is 0.222. The minimum absolute atomic E-state index is 0.0623. The van der Waals surface area contributed by atoms with E-state index >= 15 is 0 Å². The highest BCUT2D eigenvalue weighted by atomic mass is 79.9. The third-order valence-corrected chi connectivity index (χ3v) is 1.97. The largest absolute Gasteiger partial charge is 0.497 e. The topological polar surface area (TPSA) is 26.3 Å². The summed E-state index contributed by atoms with van der Waals surface area (Å²) in [6.07, 6.45) is 0. The van der Waals surface area contributed by atoms with Crippen molar-refractivity contribution in [3.63, 3.8) is 0 Å². The summed E-state index contributed by atoms with van der Waals surface area (Å²) in [5, 5.41) is 0. The molecule has 5 heteroatoms. The average molecular weight is 265 g/mol. The van der Waals surface area contributed by atoms with E-state index in [4.69, 9.17) is 4.74 Å². The van der Waals surface area contributed by atoms with Gasteiger partial charge in [0, 0.05) is 5.56 Å². The van der Waals surface area contributed by atoms with E-state index in [2.05, 4.69) is 0 Å². The maximum absolute atomic E-state index is 12.5. The lowest BCUT2D eigenvalue weighted by atomic mass is 10.1. The highest BCUT2D eigenvalue weighted by molar-refractivity contribution is 9.10. The Morgan fingerprint density at radius 2 is 1.86 bits per heavy atom. The van der Waals surface area contributed by atoms with Gasteiger partial charge in [-0.3, -0.25) is 4.79 Å². The van der Waals surface area contributed by atoms with Crippen molar-refractivity contribution in [1.82, 2.24) is 0 Å². The fourth-order valence-corrected chi connectivity index (χ4v) is 1.13. The molecule has 0 bridgehead atoms. The summed E-state index contributed by atoms with van der Waals surface area (Å²) >= 11 is 2.00. The zero-order chi connectivity index (χ0) is 10.8. The second-order valence-electron chi connectivity index (χ2n) is 2.56. The average Bonchev–Trinajstić information content (AvgIpc) is 2.15. The molecule has 1 rings (SSSR count). The highest BCUT2D eigenvalue weighted by Crippen LogP contribution is 2.27. The second kappa shape index (κ2) is 4.04. The molecule has 0 spiro atoms. The molecule has 0 N–H and O–H groups in total. The Bertz CT molecular complexity index is 330. The summed E-state index contributed by atoms with van der Waals surface area (Å²) in [5.41, 5.74) is -0.0623. The summed E-state index contributed by atoms with van der Waals surface area (Å²) in [4.78, 5) is 7.52. The van der Waals surface area contributed by atoms with Gasteiger partial charge in [0.15, 0.2) is 0 Å². The molecule has 0 heterocycles. The molecule has 0 radical (unpaired) electrons. The number of hydrogen-bond acceptors (Lipinski definition) is 2. The van der Waals surface area contributed by atoms with E-state index in [1.165, 1.54) is 31.4 Å². The van der Waals surface area contributed by atoms with E-state index in [0.717, 1.165) is 0 Å². The molecule has 14 heavy (non-hydrogen) atoms. The van der Waals surface area contributed by atoms with Gasteiger partial charge >= 0.3 is 4.83 Å². The maximum Gasteiger partial charge on any atom is 0.363 e. The molecule has 0 amide bonds. The van der Waals surface area contributed by atoms with E-state index in [1.807, 2.05) is 15.9 Å². The standard InChI is InChI=1S/C9H7BrF2O2/c1-14-7-4-2-6(3-5-7)8(13)9(10,11)12/h2-5H,1H3. The first-order chi connectivity index (χ1) is 6.45. The lowest BCUT2D eigenvalue weighted by Crippen LogP contribution is -2.20. The van der Waals surface area contributed by atoms with Crippen LogP contribution in [0.3, 0.4) is 0 Å². The minimum Gasteiger partial charge on any atom is -0.497 e. The van der Waals surface area contributed by atoms with Crippen LogP contribution < -0.4 is 4.74 Å². The van der Waals surface area contributed by atoms with Gasteiger partial charge in [-0.15, -0.1) is 0 Å². The summed E-state index contributed by atoms with van der Waals surface area (Å²) in [6.45, 7) is 0. The monoisotopic (exact) mass is 264 g/mol. The fourth-order valence-electron chi connectivity index (χ4n) is 0.906. The number of hydrogen-bond donors (Lipinski definition) is 0. The molecule has 0 saturated heterocycles. The SMILES string of the molecule is COc1ccc(C(=O)C(F)(F)Br)cc1. The van der Waals surface area contributed by atoms with Gasteiger partial charge in [0.25, 0.3) is 0 Å². The number of alkyl halides is 3. The molecule has 0 aliphatic heterocycles. The first-order valence-electron chi connectivity index (χ1n) is 3.70. The van der Waals surface area contributed by atoms with Crippen LogP contribution in [0.1, 0.15) is 10.4 Å². The molecular formula is C9H7BrF2O2. The molecule has 0 aliphatic carbocycles. The Kier molecular flexibility index (Phi) is 3.21. The lowest BCUT2D eigenvalue weighted by molar-refractivity contribution is 0.0592. The van der Waals surface area contributed by atoms with Crippen LogP contribution in [0.4, 0.5) is 8.78 Å². The number of ether oxygens (including phenoxy) is 1. The summed E-state index contributed by atoms with van der Waals surface area (Å²) < 4.78 is 29.9. The highest BCUT2D eigenvalue weighted by Gasteiger charge is 2.35. The molecule has 0 fully saturated rings.